The standard InChI is InChI=1S/C10H14N2O4/c13-10(14)4-2-1-3-8-5-6-9(11-15)12(16)7-8/h5-7,12,15H,1-4H2,(H,13,14). The molecule has 6 heteroatoms. The molecule has 0 amide bonds. The van der Waals surface area contributed by atoms with Crippen LogP contribution in [0.25, 0.3) is 0 Å². The van der Waals surface area contributed by atoms with E-state index in [1.54, 1.807) is 6.08 Å². The number of rotatable bonds is 5. The molecule has 88 valence electrons. The summed E-state index contributed by atoms with van der Waals surface area (Å²) in [5.74, 6) is -0.784. The van der Waals surface area contributed by atoms with Crippen LogP contribution in [-0.4, -0.2) is 22.1 Å². The molecule has 6 nitrogen and oxygen atoms in total. The number of hydroxylamine groups is 2. The number of allylic oxidation sites excluding steroid dienone is 2. The monoisotopic (exact) mass is 226 g/mol. The molecule has 1 rings (SSSR count). The Bertz CT molecular complexity index is 347. The number of unbranched alkanes of at least 4 members (excludes halogenated alkanes) is 1. The van der Waals surface area contributed by atoms with Crippen molar-refractivity contribution in [2.45, 2.75) is 25.7 Å². The largest absolute Gasteiger partial charge is 0.623 e. The fourth-order valence-electron chi connectivity index (χ4n) is 1.40. The predicted molar refractivity (Wildman–Crippen MR) is 56.9 cm³/mol. The zero-order valence-electron chi connectivity index (χ0n) is 8.72. The molecule has 0 saturated carbocycles. The highest BCUT2D eigenvalue weighted by Gasteiger charge is 2.10. The summed E-state index contributed by atoms with van der Waals surface area (Å²) in [5, 5.41) is 30.7. The van der Waals surface area contributed by atoms with E-state index in [4.69, 9.17) is 10.3 Å². The molecule has 1 heterocycles. The molecular weight excluding hydrogens is 212 g/mol. The highest BCUT2D eigenvalue weighted by molar-refractivity contribution is 5.86. The predicted octanol–water partition coefficient (Wildman–Crippen LogP) is 0.256. The minimum atomic E-state index is -0.807. The van der Waals surface area contributed by atoms with E-state index in [2.05, 4.69) is 5.16 Å². The fraction of sp³-hybridized carbons (Fsp3) is 0.400. The maximum Gasteiger partial charge on any atom is 0.303 e. The van der Waals surface area contributed by atoms with E-state index < -0.39 is 5.97 Å². The van der Waals surface area contributed by atoms with Crippen LogP contribution in [0, 0.1) is 5.21 Å². The summed E-state index contributed by atoms with van der Waals surface area (Å²) in [4.78, 5) is 10.3. The van der Waals surface area contributed by atoms with Crippen LogP contribution >= 0.6 is 0 Å². The smallest absolute Gasteiger partial charge is 0.303 e. The van der Waals surface area contributed by atoms with Crippen LogP contribution < -0.4 is 5.06 Å². The van der Waals surface area contributed by atoms with Gasteiger partial charge in [-0.25, -0.2) is 0 Å². The van der Waals surface area contributed by atoms with E-state index in [0.717, 1.165) is 12.0 Å². The highest BCUT2D eigenvalue weighted by atomic mass is 16.5. The van der Waals surface area contributed by atoms with Gasteiger partial charge in [0.05, 0.1) is 0 Å². The van der Waals surface area contributed by atoms with Gasteiger partial charge in [-0.15, -0.1) is 0 Å². The van der Waals surface area contributed by atoms with Crippen molar-refractivity contribution in [2.75, 3.05) is 0 Å². The van der Waals surface area contributed by atoms with E-state index in [0.29, 0.717) is 12.8 Å². The number of hydrogen-bond acceptors (Lipinski definition) is 4. The van der Waals surface area contributed by atoms with Crippen molar-refractivity contribution in [1.82, 2.24) is 0 Å². The number of aliphatic carboxylic acids is 1. The molecule has 0 aromatic rings. The van der Waals surface area contributed by atoms with Gasteiger partial charge in [-0.3, -0.25) is 9.86 Å². The van der Waals surface area contributed by atoms with Crippen LogP contribution in [0.1, 0.15) is 25.7 Å². The summed E-state index contributed by atoms with van der Waals surface area (Å²) < 4.78 is 0. The van der Waals surface area contributed by atoms with Gasteiger partial charge in [0, 0.05) is 18.1 Å². The molecule has 0 aliphatic carbocycles. The first-order valence-electron chi connectivity index (χ1n) is 5.00. The van der Waals surface area contributed by atoms with E-state index in [1.165, 1.54) is 12.3 Å². The molecule has 16 heavy (non-hydrogen) atoms. The lowest BCUT2D eigenvalue weighted by atomic mass is 10.1. The van der Waals surface area contributed by atoms with Gasteiger partial charge in [0.25, 0.3) is 5.84 Å². The van der Waals surface area contributed by atoms with Crippen LogP contribution in [0.15, 0.2) is 29.1 Å². The first-order chi connectivity index (χ1) is 7.63. The number of carboxylic acids is 1. The number of carboxylic acid groups (broad SMARTS) is 1. The lowest BCUT2D eigenvalue weighted by Gasteiger charge is -2.19. The van der Waals surface area contributed by atoms with Crippen molar-refractivity contribution in [1.29, 1.82) is 0 Å². The summed E-state index contributed by atoms with van der Waals surface area (Å²) in [5.41, 5.74) is 0.836. The molecule has 0 aromatic carbocycles. The molecule has 0 saturated heterocycles. The molecule has 0 bridgehead atoms. The number of oxime groups is 1. The molecule has 0 fully saturated rings. The summed E-state index contributed by atoms with van der Waals surface area (Å²) in [7, 11) is 0. The highest BCUT2D eigenvalue weighted by Crippen LogP contribution is 2.10. The topological polar surface area (TPSA) is 97.4 Å². The number of nitrogens with zero attached hydrogens (tertiary/aromatic N) is 1. The van der Waals surface area contributed by atoms with Gasteiger partial charge < -0.3 is 15.5 Å². The lowest BCUT2D eigenvalue weighted by Crippen LogP contribution is -3.05. The first-order valence-corrected chi connectivity index (χ1v) is 5.00. The Labute approximate surface area is 92.7 Å². The summed E-state index contributed by atoms with van der Waals surface area (Å²) in [6.07, 6.45) is 6.70. The Kier molecular flexibility index (Phi) is 4.68. The maximum absolute atomic E-state index is 11.3. The Morgan fingerprint density at radius 3 is 2.75 bits per heavy atom. The average molecular weight is 226 g/mol. The van der Waals surface area contributed by atoms with Crippen molar-refractivity contribution in [3.8, 4) is 0 Å². The first kappa shape index (κ1) is 12.4. The van der Waals surface area contributed by atoms with Gasteiger partial charge in [0.15, 0.2) is 0 Å². The Morgan fingerprint density at radius 2 is 2.19 bits per heavy atom. The average Bonchev–Trinajstić information content (AvgIpc) is 2.24. The SMILES string of the molecule is O=C(O)CCCCC1=C[NH+]([O-])C(=NO)C=C1. The number of nitrogens with one attached hydrogen (secondary N) is 1. The number of amidine groups is 1. The molecule has 0 aromatic heterocycles. The summed E-state index contributed by atoms with van der Waals surface area (Å²) in [6, 6.07) is 0. The number of carbonyl (C=O) groups is 1. The minimum Gasteiger partial charge on any atom is -0.623 e. The van der Waals surface area contributed by atoms with Gasteiger partial charge in [-0.1, -0.05) is 0 Å². The third-order valence-corrected chi connectivity index (χ3v) is 2.24. The van der Waals surface area contributed by atoms with Crippen LogP contribution in [0.5, 0.6) is 0 Å². The second-order valence-electron chi connectivity index (χ2n) is 3.50. The van der Waals surface area contributed by atoms with E-state index in [9.17, 15) is 10.0 Å². The van der Waals surface area contributed by atoms with Crippen LogP contribution in [-0.2, 0) is 4.79 Å². The van der Waals surface area contributed by atoms with Crippen LogP contribution in [0.4, 0.5) is 0 Å². The van der Waals surface area contributed by atoms with Crippen molar-refractivity contribution in [2.24, 2.45) is 5.16 Å². The third kappa shape index (κ3) is 3.84. The molecule has 1 unspecified atom stereocenters. The van der Waals surface area contributed by atoms with Gasteiger partial charge in [-0.05, 0) is 30.5 Å². The van der Waals surface area contributed by atoms with Crippen molar-refractivity contribution in [3.05, 3.63) is 29.1 Å². The summed E-state index contributed by atoms with van der Waals surface area (Å²) >= 11 is 0. The van der Waals surface area contributed by atoms with Gasteiger partial charge in [-0.2, -0.15) is 0 Å². The lowest BCUT2D eigenvalue weighted by molar-refractivity contribution is -0.684. The second kappa shape index (κ2) is 6.04. The van der Waals surface area contributed by atoms with Crippen molar-refractivity contribution < 1.29 is 20.2 Å². The van der Waals surface area contributed by atoms with Gasteiger partial charge in [0.2, 0.25) is 0 Å². The van der Waals surface area contributed by atoms with Gasteiger partial charge in [0.1, 0.15) is 6.20 Å². The second-order valence-corrected chi connectivity index (χ2v) is 3.50. The fourth-order valence-corrected chi connectivity index (χ4v) is 1.40. The van der Waals surface area contributed by atoms with Crippen LogP contribution in [0.3, 0.4) is 0 Å². The normalized spacial score (nSPS) is 22.2. The van der Waals surface area contributed by atoms with Crippen molar-refractivity contribution >= 4 is 11.8 Å². The quantitative estimate of drug-likeness (QED) is 0.271. The zero-order chi connectivity index (χ0) is 12.0. The molecule has 0 radical (unpaired) electrons. The third-order valence-electron chi connectivity index (χ3n) is 2.24. The Hall–Kier alpha value is -1.66. The molecule has 1 atom stereocenters. The maximum atomic E-state index is 11.3. The van der Waals surface area contributed by atoms with E-state index >= 15 is 0 Å². The van der Waals surface area contributed by atoms with E-state index in [1.807, 2.05) is 0 Å². The Morgan fingerprint density at radius 1 is 1.44 bits per heavy atom. The number of quaternary nitrogens is 1. The molecule has 1 aliphatic rings. The Balaban J connectivity index is 2.34. The van der Waals surface area contributed by atoms with Crippen LogP contribution in [0.2, 0.25) is 0 Å². The summed E-state index contributed by atoms with van der Waals surface area (Å²) in [6.45, 7) is 0. The van der Waals surface area contributed by atoms with Crippen molar-refractivity contribution in [3.63, 3.8) is 0 Å². The minimum absolute atomic E-state index is 0.0225. The molecule has 1 aliphatic heterocycles. The molecule has 0 spiro atoms. The van der Waals surface area contributed by atoms with Gasteiger partial charge >= 0.3 is 5.97 Å². The zero-order valence-corrected chi connectivity index (χ0v) is 8.72. The molecule has 3 N–H and O–H groups in total. The number of hydrogen-bond donors (Lipinski definition) is 3. The molecular formula is C10H14N2O4. The van der Waals surface area contributed by atoms with E-state index in [-0.39, 0.29) is 17.3 Å².